The number of nitro benzene ring substituents is 1. The molecule has 1 N–H and O–H groups in total. The fourth-order valence-electron chi connectivity index (χ4n) is 1.74. The fourth-order valence-corrected chi connectivity index (χ4v) is 2.49. The van der Waals surface area contributed by atoms with Crippen LogP contribution >= 0.6 is 11.9 Å². The zero-order valence-electron chi connectivity index (χ0n) is 12.0. The number of nitro groups is 1. The Morgan fingerprint density at radius 1 is 1.50 bits per heavy atom. The molecule has 0 aliphatic rings. The molecule has 0 unspecified atom stereocenters. The van der Waals surface area contributed by atoms with Gasteiger partial charge in [0.2, 0.25) is 0 Å². The lowest BCUT2D eigenvalue weighted by molar-refractivity contribution is -0.387. The van der Waals surface area contributed by atoms with E-state index < -0.39 is 10.9 Å². The molecule has 22 heavy (non-hydrogen) atoms. The fraction of sp³-hybridized carbons (Fsp3) is 0.231. The molecule has 0 fully saturated rings. The number of methoxy groups -OCH3 is 1. The van der Waals surface area contributed by atoms with Gasteiger partial charge in [-0.3, -0.25) is 19.5 Å². The van der Waals surface area contributed by atoms with Crippen molar-refractivity contribution in [3.63, 3.8) is 0 Å². The molecular weight excluding hydrogens is 308 g/mol. The van der Waals surface area contributed by atoms with Gasteiger partial charge < -0.3 is 4.74 Å². The van der Waals surface area contributed by atoms with Gasteiger partial charge in [0.05, 0.1) is 29.8 Å². The third kappa shape index (κ3) is 3.83. The Morgan fingerprint density at radius 2 is 2.27 bits per heavy atom. The van der Waals surface area contributed by atoms with Crippen molar-refractivity contribution in [1.82, 2.24) is 14.5 Å². The van der Waals surface area contributed by atoms with Gasteiger partial charge in [-0.2, -0.15) is 5.10 Å². The molecule has 1 heterocycles. The standard InChI is InChI=1S/C13H14N4O4S/c1-16-6-5-10(15-16)8-14-22-12-4-3-9(13(18)21-2)7-11(12)17(19)20/h3-7,14H,8H2,1-2H3. The Kier molecular flexibility index (Phi) is 5.12. The van der Waals surface area contributed by atoms with E-state index in [-0.39, 0.29) is 11.3 Å². The Balaban J connectivity index is 2.09. The maximum atomic E-state index is 11.4. The topological polar surface area (TPSA) is 99.3 Å². The predicted molar refractivity (Wildman–Crippen MR) is 80.3 cm³/mol. The van der Waals surface area contributed by atoms with Crippen LogP contribution < -0.4 is 4.72 Å². The van der Waals surface area contributed by atoms with Crippen molar-refractivity contribution in [2.24, 2.45) is 7.05 Å². The molecule has 0 aliphatic heterocycles. The number of ether oxygens (including phenoxy) is 1. The number of aromatic nitrogens is 2. The molecule has 0 atom stereocenters. The molecule has 1 aromatic heterocycles. The van der Waals surface area contributed by atoms with Crippen LogP contribution in [0.1, 0.15) is 16.1 Å². The summed E-state index contributed by atoms with van der Waals surface area (Å²) < 4.78 is 9.24. The van der Waals surface area contributed by atoms with E-state index in [9.17, 15) is 14.9 Å². The first kappa shape index (κ1) is 16.0. The Labute approximate surface area is 130 Å². The second kappa shape index (κ2) is 7.05. The first-order chi connectivity index (χ1) is 10.5. The number of esters is 1. The molecular formula is C13H14N4O4S. The minimum absolute atomic E-state index is 0.142. The molecule has 0 amide bonds. The summed E-state index contributed by atoms with van der Waals surface area (Å²) in [6, 6.07) is 6.06. The van der Waals surface area contributed by atoms with Crippen molar-refractivity contribution in [2.75, 3.05) is 7.11 Å². The lowest BCUT2D eigenvalue weighted by atomic mass is 10.2. The molecule has 0 saturated carbocycles. The summed E-state index contributed by atoms with van der Waals surface area (Å²) in [5.41, 5.74) is 0.813. The molecule has 2 aromatic rings. The molecule has 0 bridgehead atoms. The summed E-state index contributed by atoms with van der Waals surface area (Å²) in [6.07, 6.45) is 1.81. The third-order valence-electron chi connectivity index (χ3n) is 2.78. The van der Waals surface area contributed by atoms with Crippen LogP contribution in [0.25, 0.3) is 0 Å². The number of rotatable bonds is 6. The highest BCUT2D eigenvalue weighted by Crippen LogP contribution is 2.28. The molecule has 9 heteroatoms. The monoisotopic (exact) mass is 322 g/mol. The highest BCUT2D eigenvalue weighted by molar-refractivity contribution is 7.97. The van der Waals surface area contributed by atoms with Gasteiger partial charge in [-0.25, -0.2) is 4.79 Å². The van der Waals surface area contributed by atoms with E-state index in [1.165, 1.54) is 25.3 Å². The van der Waals surface area contributed by atoms with Crippen molar-refractivity contribution in [1.29, 1.82) is 0 Å². The zero-order chi connectivity index (χ0) is 16.1. The minimum Gasteiger partial charge on any atom is -0.465 e. The van der Waals surface area contributed by atoms with E-state index in [4.69, 9.17) is 0 Å². The number of aryl methyl sites for hydroxylation is 1. The average Bonchev–Trinajstić information content (AvgIpc) is 2.92. The number of nitrogens with zero attached hydrogens (tertiary/aromatic N) is 3. The van der Waals surface area contributed by atoms with E-state index in [0.29, 0.717) is 11.4 Å². The van der Waals surface area contributed by atoms with Crippen molar-refractivity contribution in [3.8, 4) is 0 Å². The van der Waals surface area contributed by atoms with Gasteiger partial charge >= 0.3 is 5.97 Å². The number of benzene rings is 1. The van der Waals surface area contributed by atoms with Crippen LogP contribution in [0.4, 0.5) is 5.69 Å². The second-order valence-corrected chi connectivity index (χ2v) is 5.27. The van der Waals surface area contributed by atoms with Gasteiger partial charge in [0.25, 0.3) is 5.69 Å². The van der Waals surface area contributed by atoms with Crippen molar-refractivity contribution in [3.05, 3.63) is 51.8 Å². The highest BCUT2D eigenvalue weighted by Gasteiger charge is 2.18. The molecule has 2 rings (SSSR count). The van der Waals surface area contributed by atoms with Crippen LogP contribution in [0.3, 0.4) is 0 Å². The molecule has 0 radical (unpaired) electrons. The Hall–Kier alpha value is -2.39. The molecule has 116 valence electrons. The van der Waals surface area contributed by atoms with Gasteiger partial charge in [0.15, 0.2) is 0 Å². The van der Waals surface area contributed by atoms with Crippen LogP contribution in [0.5, 0.6) is 0 Å². The van der Waals surface area contributed by atoms with E-state index >= 15 is 0 Å². The summed E-state index contributed by atoms with van der Waals surface area (Å²) in [6.45, 7) is 0.460. The predicted octanol–water partition coefficient (Wildman–Crippen LogP) is 1.91. The first-order valence-electron chi connectivity index (χ1n) is 6.26. The smallest absolute Gasteiger partial charge is 0.338 e. The largest absolute Gasteiger partial charge is 0.465 e. The molecule has 8 nitrogen and oxygen atoms in total. The molecule has 0 saturated heterocycles. The number of hydrogen-bond acceptors (Lipinski definition) is 7. The molecule has 0 spiro atoms. The highest BCUT2D eigenvalue weighted by atomic mass is 32.2. The maximum absolute atomic E-state index is 11.4. The first-order valence-corrected chi connectivity index (χ1v) is 7.08. The molecule has 0 aliphatic carbocycles. The van der Waals surface area contributed by atoms with Crippen LogP contribution in [0.15, 0.2) is 35.4 Å². The third-order valence-corrected chi connectivity index (χ3v) is 3.63. The van der Waals surface area contributed by atoms with E-state index in [0.717, 1.165) is 17.6 Å². The van der Waals surface area contributed by atoms with Gasteiger partial charge in [-0.1, -0.05) is 0 Å². The second-order valence-electron chi connectivity index (χ2n) is 4.34. The van der Waals surface area contributed by atoms with Gasteiger partial charge in [0.1, 0.15) is 4.90 Å². The SMILES string of the molecule is COC(=O)c1ccc(SNCc2ccn(C)n2)c([N+](=O)[O-])c1. The lowest BCUT2D eigenvalue weighted by Crippen LogP contribution is -2.06. The Morgan fingerprint density at radius 3 is 2.86 bits per heavy atom. The van der Waals surface area contributed by atoms with E-state index in [2.05, 4.69) is 14.6 Å². The zero-order valence-corrected chi connectivity index (χ0v) is 12.8. The molecule has 1 aromatic carbocycles. The number of carbonyl (C=O) groups is 1. The van der Waals surface area contributed by atoms with Crippen molar-refractivity contribution in [2.45, 2.75) is 11.4 Å². The normalized spacial score (nSPS) is 10.5. The summed E-state index contributed by atoms with van der Waals surface area (Å²) in [5.74, 6) is -0.610. The van der Waals surface area contributed by atoms with Crippen LogP contribution in [0, 0.1) is 10.1 Å². The maximum Gasteiger partial charge on any atom is 0.338 e. The van der Waals surface area contributed by atoms with Crippen LogP contribution in [-0.4, -0.2) is 27.8 Å². The quantitative estimate of drug-likeness (QED) is 0.375. The van der Waals surface area contributed by atoms with Gasteiger partial charge in [0, 0.05) is 19.3 Å². The average molecular weight is 322 g/mol. The van der Waals surface area contributed by atoms with Gasteiger partial charge in [-0.15, -0.1) is 0 Å². The van der Waals surface area contributed by atoms with Crippen LogP contribution in [0.2, 0.25) is 0 Å². The van der Waals surface area contributed by atoms with E-state index in [1.54, 1.807) is 4.68 Å². The lowest BCUT2D eigenvalue weighted by Gasteiger charge is -2.05. The van der Waals surface area contributed by atoms with Crippen molar-refractivity contribution < 1.29 is 14.5 Å². The van der Waals surface area contributed by atoms with E-state index in [1.807, 2.05) is 19.3 Å². The summed E-state index contributed by atoms with van der Waals surface area (Å²) in [5, 5.41) is 15.3. The summed E-state index contributed by atoms with van der Waals surface area (Å²) in [7, 11) is 3.04. The van der Waals surface area contributed by atoms with Crippen LogP contribution in [-0.2, 0) is 18.3 Å². The minimum atomic E-state index is -0.610. The summed E-state index contributed by atoms with van der Waals surface area (Å²) >= 11 is 1.11. The number of nitrogens with one attached hydrogen (secondary N) is 1. The van der Waals surface area contributed by atoms with Crippen molar-refractivity contribution >= 4 is 23.6 Å². The number of carbonyl (C=O) groups excluding carboxylic acids is 1. The Bertz CT molecular complexity index is 701. The van der Waals surface area contributed by atoms with Gasteiger partial charge in [-0.05, 0) is 30.1 Å². The number of hydrogen-bond donors (Lipinski definition) is 1. The summed E-state index contributed by atoms with van der Waals surface area (Å²) in [4.78, 5) is 22.4.